The van der Waals surface area contributed by atoms with Gasteiger partial charge >= 0.3 is 6.03 Å². The number of benzene rings is 3. The molecule has 3 aromatic carbocycles. The molecule has 6 nitrogen and oxygen atoms in total. The van der Waals surface area contributed by atoms with Gasteiger partial charge in [0, 0.05) is 26.6 Å². The molecule has 0 aliphatic carbocycles. The molecule has 1 N–H and O–H groups in total. The van der Waals surface area contributed by atoms with Gasteiger partial charge in [0.05, 0.1) is 6.54 Å². The lowest BCUT2D eigenvalue weighted by Gasteiger charge is -2.12. The van der Waals surface area contributed by atoms with Crippen LogP contribution in [0.4, 0.5) is 4.79 Å². The Morgan fingerprint density at radius 1 is 0.950 bits per heavy atom. The van der Waals surface area contributed by atoms with E-state index in [2.05, 4.69) is 25.8 Å². The molecule has 1 saturated heterocycles. The Morgan fingerprint density at radius 3 is 2.33 bits per heavy atom. The first kappa shape index (κ1) is 29.5. The van der Waals surface area contributed by atoms with E-state index in [0.717, 1.165) is 49.6 Å². The first-order valence-corrected chi connectivity index (χ1v) is 13.6. The summed E-state index contributed by atoms with van der Waals surface area (Å²) < 4.78 is 9.04. The Hall–Kier alpha value is -3.52. The number of hydrogen-bond acceptors (Lipinski definition) is 3. The number of amides is 3. The summed E-state index contributed by atoms with van der Waals surface area (Å²) in [5.41, 5.74) is 7.11. The fraction of sp³-hybridized carbons (Fsp3) is 0.161. The number of aryl methyl sites for hydroxylation is 2. The van der Waals surface area contributed by atoms with Crippen LogP contribution in [0.3, 0.4) is 0 Å². The molecule has 1 aromatic heterocycles. The number of nitrogens with one attached hydrogen (secondary N) is 1. The fourth-order valence-electron chi connectivity index (χ4n) is 4.65. The van der Waals surface area contributed by atoms with Gasteiger partial charge < -0.3 is 27.0 Å². The van der Waals surface area contributed by atoms with Crippen LogP contribution in [0, 0.1) is 20.8 Å². The quantitative estimate of drug-likeness (QED) is 0.239. The molecule has 0 saturated carbocycles. The van der Waals surface area contributed by atoms with Crippen LogP contribution in [-0.2, 0) is 17.9 Å². The second-order valence-corrected chi connectivity index (χ2v) is 10.9. The second-order valence-electron chi connectivity index (χ2n) is 9.52. The number of halogens is 3. The van der Waals surface area contributed by atoms with Crippen molar-refractivity contribution >= 4 is 45.5 Å². The summed E-state index contributed by atoms with van der Waals surface area (Å²) in [5, 5.41) is 3.44. The predicted octanol–water partition coefficient (Wildman–Crippen LogP) is 4.49. The maximum Gasteiger partial charge on any atom is 0.329 e. The van der Waals surface area contributed by atoms with Crippen LogP contribution < -0.4 is 22.5 Å². The topological polar surface area (TPSA) is 63.6 Å². The Balaban J connectivity index is 0.00000370. The monoisotopic (exact) mass is 638 g/mol. The summed E-state index contributed by atoms with van der Waals surface area (Å²) in [6, 6.07) is 22.8. The van der Waals surface area contributed by atoms with Gasteiger partial charge in [-0.2, -0.15) is 0 Å². The Labute approximate surface area is 253 Å². The highest BCUT2D eigenvalue weighted by Gasteiger charge is 2.33. The van der Waals surface area contributed by atoms with Crippen molar-refractivity contribution in [2.24, 2.45) is 0 Å². The number of carbonyl (C=O) groups is 2. The van der Waals surface area contributed by atoms with Crippen molar-refractivity contribution < 1.29 is 26.7 Å². The molecule has 206 valence electrons. The van der Waals surface area contributed by atoms with Crippen LogP contribution in [0.15, 0.2) is 83.0 Å². The molecule has 4 aromatic rings. The number of urea groups is 1. The summed E-state index contributed by atoms with van der Waals surface area (Å²) in [4.78, 5) is 26.8. The summed E-state index contributed by atoms with van der Waals surface area (Å²) in [7, 11) is 0. The third-order valence-corrected chi connectivity index (χ3v) is 7.54. The zero-order valence-electron chi connectivity index (χ0n) is 22.2. The molecule has 40 heavy (non-hydrogen) atoms. The van der Waals surface area contributed by atoms with Crippen molar-refractivity contribution in [2.45, 2.75) is 33.9 Å². The van der Waals surface area contributed by atoms with Crippen LogP contribution in [0.25, 0.3) is 11.8 Å². The van der Waals surface area contributed by atoms with E-state index in [-0.39, 0.29) is 30.6 Å². The van der Waals surface area contributed by atoms with E-state index < -0.39 is 6.03 Å². The van der Waals surface area contributed by atoms with Crippen molar-refractivity contribution in [1.29, 1.82) is 0 Å². The van der Waals surface area contributed by atoms with E-state index in [1.54, 1.807) is 6.08 Å². The van der Waals surface area contributed by atoms with E-state index in [1.807, 2.05) is 93.6 Å². The zero-order valence-corrected chi connectivity index (χ0v) is 25.3. The van der Waals surface area contributed by atoms with Gasteiger partial charge in [0.25, 0.3) is 5.91 Å². The molecule has 0 bridgehead atoms. The van der Waals surface area contributed by atoms with Crippen molar-refractivity contribution in [3.05, 3.63) is 122 Å². The first-order chi connectivity index (χ1) is 18.7. The summed E-state index contributed by atoms with van der Waals surface area (Å²) in [6.07, 6.45) is 1.74. The largest absolute Gasteiger partial charge is 1.00 e. The van der Waals surface area contributed by atoms with Crippen molar-refractivity contribution in [1.82, 2.24) is 14.8 Å². The third-order valence-electron chi connectivity index (χ3n) is 6.78. The van der Waals surface area contributed by atoms with Gasteiger partial charge in [-0.3, -0.25) is 9.69 Å². The van der Waals surface area contributed by atoms with Gasteiger partial charge in [0.1, 0.15) is 18.1 Å². The van der Waals surface area contributed by atoms with Crippen LogP contribution in [0.5, 0.6) is 5.75 Å². The summed E-state index contributed by atoms with van der Waals surface area (Å²) in [6.45, 7) is 6.69. The maximum atomic E-state index is 13.0. The molecule has 1 fully saturated rings. The standard InChI is InChI=1S/C31H27BrClN3O3.ClH/c1-19-14-26(33)9-6-23(19)18-39-28-12-10-27(11-13-28)36-20(2)15-24(21(36)3)16-29-30(37)35(31(38)34-29)17-22-4-7-25(32)8-5-22;/h4-16H,17-18H2,1-3H3,(H,34,38);1H/p-1/b29-16+;. The molecule has 0 spiro atoms. The Morgan fingerprint density at radius 2 is 1.65 bits per heavy atom. The fourth-order valence-corrected chi connectivity index (χ4v) is 5.14. The van der Waals surface area contributed by atoms with E-state index in [1.165, 1.54) is 4.90 Å². The molecule has 2 heterocycles. The lowest BCUT2D eigenvalue weighted by Crippen LogP contribution is -3.00. The molecule has 3 amide bonds. The van der Waals surface area contributed by atoms with E-state index in [0.29, 0.717) is 11.6 Å². The number of carbonyl (C=O) groups excluding carboxylic acids is 2. The van der Waals surface area contributed by atoms with Gasteiger partial charge in [-0.1, -0.05) is 45.7 Å². The summed E-state index contributed by atoms with van der Waals surface area (Å²) >= 11 is 9.46. The van der Waals surface area contributed by atoms with Gasteiger partial charge in [0.2, 0.25) is 0 Å². The molecular weight excluding hydrogens is 613 g/mol. The Bertz CT molecular complexity index is 1600. The van der Waals surface area contributed by atoms with Gasteiger partial charge in [0.15, 0.2) is 0 Å². The molecule has 0 unspecified atom stereocenters. The number of aromatic nitrogens is 1. The first-order valence-electron chi connectivity index (χ1n) is 12.5. The molecule has 9 heteroatoms. The average molecular weight is 640 g/mol. The van der Waals surface area contributed by atoms with E-state index in [9.17, 15) is 9.59 Å². The number of nitrogens with zero attached hydrogens (tertiary/aromatic N) is 2. The molecule has 1 aliphatic heterocycles. The normalized spacial score (nSPS) is 13.9. The zero-order chi connectivity index (χ0) is 27.7. The van der Waals surface area contributed by atoms with E-state index in [4.69, 9.17) is 16.3 Å². The number of imide groups is 1. The average Bonchev–Trinajstić information content (AvgIpc) is 3.33. The minimum absolute atomic E-state index is 0. The highest BCUT2D eigenvalue weighted by Crippen LogP contribution is 2.26. The molecule has 0 atom stereocenters. The minimum Gasteiger partial charge on any atom is -1.00 e. The molecule has 1 aliphatic rings. The van der Waals surface area contributed by atoms with E-state index >= 15 is 0 Å². The lowest BCUT2D eigenvalue weighted by molar-refractivity contribution is -0.123. The second kappa shape index (κ2) is 12.3. The highest BCUT2D eigenvalue weighted by molar-refractivity contribution is 9.10. The lowest BCUT2D eigenvalue weighted by atomic mass is 10.1. The highest BCUT2D eigenvalue weighted by atomic mass is 79.9. The summed E-state index contributed by atoms with van der Waals surface area (Å²) in [5.74, 6) is 0.424. The number of ether oxygens (including phenoxy) is 1. The predicted molar refractivity (Wildman–Crippen MR) is 157 cm³/mol. The van der Waals surface area contributed by atoms with Gasteiger partial charge in [-0.15, -0.1) is 0 Å². The molecule has 5 rings (SSSR count). The van der Waals surface area contributed by atoms with Gasteiger partial charge in [-0.25, -0.2) is 4.79 Å². The maximum absolute atomic E-state index is 13.0. The van der Waals surface area contributed by atoms with Crippen LogP contribution >= 0.6 is 27.5 Å². The van der Waals surface area contributed by atoms with Crippen LogP contribution in [-0.4, -0.2) is 21.4 Å². The third kappa shape index (κ3) is 6.28. The van der Waals surface area contributed by atoms with Crippen molar-refractivity contribution in [3.63, 3.8) is 0 Å². The smallest absolute Gasteiger partial charge is 0.329 e. The van der Waals surface area contributed by atoms with Crippen molar-refractivity contribution in [3.8, 4) is 11.4 Å². The minimum atomic E-state index is -0.424. The number of hydrogen-bond donors (Lipinski definition) is 1. The Kier molecular flexibility index (Phi) is 9.08. The van der Waals surface area contributed by atoms with Crippen LogP contribution in [0.1, 0.15) is 33.6 Å². The molecular formula is C31H27BrCl2N3O3-. The number of rotatable bonds is 7. The molecule has 0 radical (unpaired) electrons. The SMILES string of the molecule is Cc1cc(Cl)ccc1COc1ccc(-n2c(C)cc(/C=C3/NC(=O)N(Cc4ccc(Br)cc4)C3=O)c2C)cc1.[Cl-]. The van der Waals surface area contributed by atoms with Crippen molar-refractivity contribution in [2.75, 3.05) is 0 Å². The van der Waals surface area contributed by atoms with Gasteiger partial charge in [-0.05, 0) is 104 Å². The van der Waals surface area contributed by atoms with Crippen LogP contribution in [0.2, 0.25) is 5.02 Å².